The summed E-state index contributed by atoms with van der Waals surface area (Å²) in [7, 11) is 0. The topological polar surface area (TPSA) is 24.4 Å². The van der Waals surface area contributed by atoms with Crippen LogP contribution < -0.4 is 5.32 Å². The maximum Gasteiger partial charge on any atom is 0.130 e. The van der Waals surface area contributed by atoms with Crippen LogP contribution in [-0.2, 0) is 0 Å². The zero-order valence-electron chi connectivity index (χ0n) is 12.3. The van der Waals surface area contributed by atoms with E-state index < -0.39 is 0 Å². The summed E-state index contributed by atoms with van der Waals surface area (Å²) in [5.74, 6) is 1.18. The Hall–Kier alpha value is -0.960. The highest BCUT2D eigenvalue weighted by Crippen LogP contribution is 2.39. The molecule has 3 rings (SSSR count). The second kappa shape index (κ2) is 6.21. The first-order chi connectivity index (χ1) is 9.83. The first-order valence-corrected chi connectivity index (χ1v) is 8.92. The van der Waals surface area contributed by atoms with E-state index in [9.17, 15) is 0 Å². The molecule has 1 aliphatic carbocycles. The van der Waals surface area contributed by atoms with Gasteiger partial charge in [0.1, 0.15) is 10.7 Å². The lowest BCUT2D eigenvalue weighted by Gasteiger charge is -2.39. The fraction of sp³-hybridized carbons (Fsp3) is 0.588. The smallest absolute Gasteiger partial charge is 0.130 e. The monoisotopic (exact) mass is 288 g/mol. The molecule has 1 aromatic carbocycles. The van der Waals surface area contributed by atoms with E-state index in [-0.39, 0.29) is 5.66 Å². The molecule has 0 bridgehead atoms. The van der Waals surface area contributed by atoms with Crippen molar-refractivity contribution in [1.82, 2.24) is 0 Å². The molecule has 0 unspecified atom stereocenters. The minimum absolute atomic E-state index is 0.0127. The van der Waals surface area contributed by atoms with E-state index in [1.54, 1.807) is 0 Å². The van der Waals surface area contributed by atoms with Gasteiger partial charge < -0.3 is 5.32 Å². The third-order valence-corrected chi connectivity index (χ3v) is 5.34. The third-order valence-electron chi connectivity index (χ3n) is 4.26. The van der Waals surface area contributed by atoms with Crippen molar-refractivity contribution in [2.75, 3.05) is 11.1 Å². The van der Waals surface area contributed by atoms with Gasteiger partial charge in [-0.1, -0.05) is 38.0 Å². The minimum Gasteiger partial charge on any atom is -0.361 e. The summed E-state index contributed by atoms with van der Waals surface area (Å²) in [4.78, 5) is 5.15. The third kappa shape index (κ3) is 2.88. The van der Waals surface area contributed by atoms with Crippen molar-refractivity contribution >= 4 is 22.5 Å². The number of nitrogens with one attached hydrogen (secondary N) is 1. The minimum atomic E-state index is -0.0127. The van der Waals surface area contributed by atoms with Crippen LogP contribution in [0.1, 0.15) is 57.4 Å². The van der Waals surface area contributed by atoms with E-state index in [1.165, 1.54) is 67.0 Å². The highest BCUT2D eigenvalue weighted by molar-refractivity contribution is 8.14. The summed E-state index contributed by atoms with van der Waals surface area (Å²) in [6.07, 6.45) is 8.84. The Morgan fingerprint density at radius 1 is 1.20 bits per heavy atom. The van der Waals surface area contributed by atoms with Crippen molar-refractivity contribution in [2.24, 2.45) is 4.99 Å². The normalized spacial score (nSPS) is 20.1. The van der Waals surface area contributed by atoms with Crippen molar-refractivity contribution in [1.29, 1.82) is 0 Å². The van der Waals surface area contributed by atoms with Crippen LogP contribution in [0.5, 0.6) is 0 Å². The summed E-state index contributed by atoms with van der Waals surface area (Å²) < 4.78 is 0. The SMILES string of the molecule is CCCCSC1=NC2(CCCCC2)Nc2ccccc21. The number of unbranched alkanes of at least 4 members (excludes halogenated alkanes) is 1. The Bertz CT molecular complexity index is 490. The van der Waals surface area contributed by atoms with Crippen LogP contribution in [0.4, 0.5) is 5.69 Å². The average molecular weight is 288 g/mol. The number of thioether (sulfide) groups is 1. The molecular formula is C17H24N2S. The average Bonchev–Trinajstić information content (AvgIpc) is 2.48. The van der Waals surface area contributed by atoms with Crippen LogP contribution >= 0.6 is 11.8 Å². The van der Waals surface area contributed by atoms with Crippen molar-refractivity contribution < 1.29 is 0 Å². The fourth-order valence-corrected chi connectivity index (χ4v) is 4.31. The van der Waals surface area contributed by atoms with Gasteiger partial charge in [-0.2, -0.15) is 0 Å². The summed E-state index contributed by atoms with van der Waals surface area (Å²) in [6, 6.07) is 8.66. The molecule has 1 aliphatic heterocycles. The van der Waals surface area contributed by atoms with E-state index in [2.05, 4.69) is 36.5 Å². The predicted molar refractivity (Wildman–Crippen MR) is 89.8 cm³/mol. The molecule has 2 aliphatic rings. The summed E-state index contributed by atoms with van der Waals surface area (Å²) in [6.45, 7) is 2.25. The highest BCUT2D eigenvalue weighted by atomic mass is 32.2. The van der Waals surface area contributed by atoms with Crippen LogP contribution in [0, 0.1) is 0 Å². The first kappa shape index (κ1) is 14.0. The number of hydrogen-bond acceptors (Lipinski definition) is 3. The van der Waals surface area contributed by atoms with Crippen molar-refractivity contribution in [3.63, 3.8) is 0 Å². The number of para-hydroxylation sites is 1. The molecule has 1 N–H and O–H groups in total. The number of rotatable bonds is 3. The maximum atomic E-state index is 5.15. The molecule has 108 valence electrons. The molecule has 0 amide bonds. The maximum absolute atomic E-state index is 5.15. The quantitative estimate of drug-likeness (QED) is 0.787. The summed E-state index contributed by atoms with van der Waals surface area (Å²) >= 11 is 1.94. The molecule has 1 spiro atoms. The van der Waals surface area contributed by atoms with E-state index in [1.807, 2.05) is 11.8 Å². The molecule has 1 fully saturated rings. The molecule has 2 nitrogen and oxygen atoms in total. The number of aliphatic imine (C=N–C) groups is 1. The second-order valence-electron chi connectivity index (χ2n) is 5.88. The number of fused-ring (bicyclic) bond motifs is 1. The first-order valence-electron chi connectivity index (χ1n) is 7.93. The molecular weight excluding hydrogens is 264 g/mol. The number of nitrogens with zero attached hydrogens (tertiary/aromatic N) is 1. The Kier molecular flexibility index (Phi) is 4.35. The number of benzene rings is 1. The summed E-state index contributed by atoms with van der Waals surface area (Å²) in [5, 5.41) is 4.99. The standard InChI is InChI=1S/C17H24N2S/c1-2-3-13-20-16-14-9-5-6-10-15(14)18-17(19-16)11-7-4-8-12-17/h5-6,9-10,18H,2-4,7-8,11-13H2,1H3. The van der Waals surface area contributed by atoms with Crippen molar-refractivity contribution in [2.45, 2.75) is 57.5 Å². The van der Waals surface area contributed by atoms with Gasteiger partial charge in [0.25, 0.3) is 0 Å². The van der Waals surface area contributed by atoms with Crippen LogP contribution in [0.15, 0.2) is 29.3 Å². The lowest BCUT2D eigenvalue weighted by atomic mass is 9.88. The Morgan fingerprint density at radius 2 is 2.00 bits per heavy atom. The van der Waals surface area contributed by atoms with Crippen LogP contribution in [0.2, 0.25) is 0 Å². The molecule has 1 heterocycles. The summed E-state index contributed by atoms with van der Waals surface area (Å²) in [5.41, 5.74) is 2.56. The van der Waals surface area contributed by atoms with Crippen LogP contribution in [0.25, 0.3) is 0 Å². The zero-order chi connectivity index (χ0) is 13.8. The molecule has 0 atom stereocenters. The van der Waals surface area contributed by atoms with E-state index in [0.717, 1.165) is 0 Å². The van der Waals surface area contributed by atoms with Gasteiger partial charge >= 0.3 is 0 Å². The Morgan fingerprint density at radius 3 is 2.80 bits per heavy atom. The lowest BCUT2D eigenvalue weighted by molar-refractivity contribution is 0.335. The zero-order valence-corrected chi connectivity index (χ0v) is 13.1. The van der Waals surface area contributed by atoms with Gasteiger partial charge in [0.05, 0.1) is 0 Å². The number of hydrogen-bond donors (Lipinski definition) is 1. The van der Waals surface area contributed by atoms with E-state index in [4.69, 9.17) is 4.99 Å². The Balaban J connectivity index is 1.88. The van der Waals surface area contributed by atoms with Crippen LogP contribution in [-0.4, -0.2) is 16.5 Å². The highest BCUT2D eigenvalue weighted by Gasteiger charge is 2.35. The Labute approximate surface area is 126 Å². The number of anilines is 1. The van der Waals surface area contributed by atoms with Gasteiger partial charge in [0.15, 0.2) is 0 Å². The van der Waals surface area contributed by atoms with Crippen molar-refractivity contribution in [3.8, 4) is 0 Å². The van der Waals surface area contributed by atoms with E-state index >= 15 is 0 Å². The fourth-order valence-electron chi connectivity index (χ4n) is 3.11. The molecule has 1 saturated carbocycles. The van der Waals surface area contributed by atoms with Crippen molar-refractivity contribution in [3.05, 3.63) is 29.8 Å². The largest absolute Gasteiger partial charge is 0.361 e. The van der Waals surface area contributed by atoms with Gasteiger partial charge in [-0.15, -0.1) is 11.8 Å². The van der Waals surface area contributed by atoms with Gasteiger partial charge in [-0.25, -0.2) is 4.99 Å². The van der Waals surface area contributed by atoms with E-state index in [0.29, 0.717) is 0 Å². The molecule has 20 heavy (non-hydrogen) atoms. The van der Waals surface area contributed by atoms with Gasteiger partial charge in [-0.05, 0) is 43.9 Å². The van der Waals surface area contributed by atoms with Gasteiger partial charge in [0, 0.05) is 11.3 Å². The molecule has 1 aromatic rings. The molecule has 0 aromatic heterocycles. The van der Waals surface area contributed by atoms with Crippen LogP contribution in [0.3, 0.4) is 0 Å². The molecule has 0 saturated heterocycles. The lowest BCUT2D eigenvalue weighted by Crippen LogP contribution is -2.42. The predicted octanol–water partition coefficient (Wildman–Crippen LogP) is 5.05. The molecule has 3 heteroatoms. The molecule has 0 radical (unpaired) electrons. The van der Waals surface area contributed by atoms with Gasteiger partial charge in [0.2, 0.25) is 0 Å². The van der Waals surface area contributed by atoms with Gasteiger partial charge in [-0.3, -0.25) is 0 Å². The second-order valence-corrected chi connectivity index (χ2v) is 6.97.